The van der Waals surface area contributed by atoms with Gasteiger partial charge in [0, 0.05) is 19.6 Å². The molecule has 1 aromatic heterocycles. The maximum Gasteiger partial charge on any atom is 0.191 e. The lowest BCUT2D eigenvalue weighted by Crippen LogP contribution is -2.41. The van der Waals surface area contributed by atoms with Crippen molar-refractivity contribution >= 4 is 29.9 Å². The quantitative estimate of drug-likeness (QED) is 0.438. The number of hydrogen-bond acceptors (Lipinski definition) is 3. The summed E-state index contributed by atoms with van der Waals surface area (Å²) in [5.41, 5.74) is 0. The Morgan fingerprint density at radius 3 is 2.91 bits per heavy atom. The lowest BCUT2D eigenvalue weighted by molar-refractivity contribution is 0.397. The van der Waals surface area contributed by atoms with E-state index in [9.17, 15) is 0 Å². The fraction of sp³-hybridized carbons (Fsp3) is 0.800. The molecule has 0 bridgehead atoms. The smallest absolute Gasteiger partial charge is 0.191 e. The molecule has 1 fully saturated rings. The Hall–Kier alpha value is -0.860. The number of rotatable bonds is 5. The minimum absolute atomic E-state index is 0. The molecule has 0 aromatic carbocycles. The predicted molar refractivity (Wildman–Crippen MR) is 98.6 cm³/mol. The first-order valence-corrected chi connectivity index (χ1v) is 8.22. The molecule has 7 heteroatoms. The van der Waals surface area contributed by atoms with Gasteiger partial charge < -0.3 is 10.6 Å². The molecule has 6 nitrogen and oxygen atoms in total. The summed E-state index contributed by atoms with van der Waals surface area (Å²) in [6.45, 7) is 6.83. The number of hydrogen-bond donors (Lipinski definition) is 2. The minimum atomic E-state index is 0. The van der Waals surface area contributed by atoms with E-state index in [2.05, 4.69) is 27.6 Å². The van der Waals surface area contributed by atoms with Gasteiger partial charge in [-0.15, -0.1) is 24.0 Å². The number of aryl methyl sites for hydroxylation is 2. The second-order valence-corrected chi connectivity index (χ2v) is 6.07. The number of fused-ring (bicyclic) bond motifs is 1. The van der Waals surface area contributed by atoms with Crippen molar-refractivity contribution in [2.24, 2.45) is 10.9 Å². The maximum absolute atomic E-state index is 4.70. The molecule has 1 unspecified atom stereocenters. The Labute approximate surface area is 149 Å². The van der Waals surface area contributed by atoms with Crippen LogP contribution in [0.15, 0.2) is 4.99 Å². The SMILES string of the molecule is CCNC(=NCCC1CC1)NC1CCCn2nc(C)nc21.I. The van der Waals surface area contributed by atoms with Gasteiger partial charge in [-0.3, -0.25) is 4.99 Å². The Morgan fingerprint density at radius 1 is 1.36 bits per heavy atom. The van der Waals surface area contributed by atoms with Crippen LogP contribution < -0.4 is 10.6 Å². The summed E-state index contributed by atoms with van der Waals surface area (Å²) in [5, 5.41) is 11.3. The highest BCUT2D eigenvalue weighted by molar-refractivity contribution is 14.0. The second kappa shape index (κ2) is 8.12. The molecule has 1 atom stereocenters. The fourth-order valence-electron chi connectivity index (χ4n) is 2.86. The van der Waals surface area contributed by atoms with Crippen molar-refractivity contribution in [3.05, 3.63) is 11.6 Å². The molecule has 2 N–H and O–H groups in total. The van der Waals surface area contributed by atoms with E-state index in [1.54, 1.807) is 0 Å². The van der Waals surface area contributed by atoms with E-state index in [0.717, 1.165) is 56.0 Å². The number of halogens is 1. The number of guanidine groups is 1. The zero-order valence-corrected chi connectivity index (χ0v) is 15.8. The van der Waals surface area contributed by atoms with E-state index >= 15 is 0 Å². The monoisotopic (exact) mass is 418 g/mol. The van der Waals surface area contributed by atoms with E-state index in [1.807, 2.05) is 11.6 Å². The number of nitrogens with zero attached hydrogens (tertiary/aromatic N) is 4. The molecule has 0 spiro atoms. The first-order chi connectivity index (χ1) is 10.3. The first kappa shape index (κ1) is 17.5. The van der Waals surface area contributed by atoms with Crippen LogP contribution in [-0.2, 0) is 6.54 Å². The van der Waals surface area contributed by atoms with Crippen molar-refractivity contribution in [2.45, 2.75) is 58.5 Å². The zero-order chi connectivity index (χ0) is 14.7. The third-order valence-corrected chi connectivity index (χ3v) is 4.14. The van der Waals surface area contributed by atoms with Crippen molar-refractivity contribution in [1.82, 2.24) is 25.4 Å². The molecule has 22 heavy (non-hydrogen) atoms. The lowest BCUT2D eigenvalue weighted by Gasteiger charge is -2.25. The molecule has 1 saturated carbocycles. The van der Waals surface area contributed by atoms with Gasteiger partial charge in [0.15, 0.2) is 5.96 Å². The average molecular weight is 418 g/mol. The van der Waals surface area contributed by atoms with Gasteiger partial charge in [0.05, 0.1) is 6.04 Å². The van der Waals surface area contributed by atoms with E-state index in [0.29, 0.717) is 0 Å². The van der Waals surface area contributed by atoms with Crippen molar-refractivity contribution < 1.29 is 0 Å². The normalized spacial score (nSPS) is 21.0. The van der Waals surface area contributed by atoms with Crippen LogP contribution in [-0.4, -0.2) is 33.8 Å². The molecule has 2 aliphatic rings. The number of nitrogens with one attached hydrogen (secondary N) is 2. The van der Waals surface area contributed by atoms with Crippen molar-refractivity contribution in [2.75, 3.05) is 13.1 Å². The van der Waals surface area contributed by atoms with Crippen LogP contribution in [0.2, 0.25) is 0 Å². The summed E-state index contributed by atoms with van der Waals surface area (Å²) >= 11 is 0. The Kier molecular flexibility index (Phi) is 6.46. The molecule has 0 saturated heterocycles. The fourth-order valence-corrected chi connectivity index (χ4v) is 2.86. The molecule has 0 amide bonds. The summed E-state index contributed by atoms with van der Waals surface area (Å²) in [7, 11) is 0. The van der Waals surface area contributed by atoms with E-state index < -0.39 is 0 Å². The molecule has 124 valence electrons. The average Bonchev–Trinajstić information content (AvgIpc) is 3.19. The number of aliphatic imine (C=N–C) groups is 1. The molecule has 1 aromatic rings. The van der Waals surface area contributed by atoms with Crippen LogP contribution in [0, 0.1) is 12.8 Å². The van der Waals surface area contributed by atoms with Crippen molar-refractivity contribution in [3.63, 3.8) is 0 Å². The molecular formula is C15H27IN6. The van der Waals surface area contributed by atoms with Crippen LogP contribution in [0.5, 0.6) is 0 Å². The van der Waals surface area contributed by atoms with Gasteiger partial charge in [-0.1, -0.05) is 12.8 Å². The summed E-state index contributed by atoms with van der Waals surface area (Å²) in [6, 6.07) is 0.221. The molecule has 3 rings (SSSR count). The van der Waals surface area contributed by atoms with E-state index in [4.69, 9.17) is 4.99 Å². The molecule has 2 heterocycles. The topological polar surface area (TPSA) is 67.1 Å². The van der Waals surface area contributed by atoms with Gasteiger partial charge in [0.2, 0.25) is 0 Å². The van der Waals surface area contributed by atoms with Gasteiger partial charge in [-0.2, -0.15) is 5.10 Å². The Balaban J connectivity index is 0.00000176. The van der Waals surface area contributed by atoms with E-state index in [-0.39, 0.29) is 30.0 Å². The third-order valence-electron chi connectivity index (χ3n) is 4.14. The van der Waals surface area contributed by atoms with Gasteiger partial charge in [-0.25, -0.2) is 9.67 Å². The largest absolute Gasteiger partial charge is 0.357 e. The summed E-state index contributed by atoms with van der Waals surface area (Å²) in [4.78, 5) is 9.28. The lowest BCUT2D eigenvalue weighted by atomic mass is 10.1. The third kappa shape index (κ3) is 4.57. The standard InChI is InChI=1S/C15H26N6.HI/c1-3-16-15(17-9-8-12-6-7-12)19-13-5-4-10-21-14(13)18-11(2)20-21;/h12-13H,3-10H2,1-2H3,(H2,16,17,19);1H. The first-order valence-electron chi connectivity index (χ1n) is 8.22. The number of aromatic nitrogens is 3. The molecule has 1 aliphatic heterocycles. The highest BCUT2D eigenvalue weighted by atomic mass is 127. The van der Waals surface area contributed by atoms with Gasteiger partial charge in [-0.05, 0) is 39.0 Å². The molecule has 0 radical (unpaired) electrons. The summed E-state index contributed by atoms with van der Waals surface area (Å²) in [6.07, 6.45) is 6.23. The van der Waals surface area contributed by atoms with Crippen LogP contribution in [0.3, 0.4) is 0 Å². The maximum atomic E-state index is 4.70. The van der Waals surface area contributed by atoms with Crippen LogP contribution in [0.1, 0.15) is 56.7 Å². The second-order valence-electron chi connectivity index (χ2n) is 6.07. The van der Waals surface area contributed by atoms with Gasteiger partial charge >= 0.3 is 0 Å². The highest BCUT2D eigenvalue weighted by Crippen LogP contribution is 2.32. The predicted octanol–water partition coefficient (Wildman–Crippen LogP) is 2.39. The van der Waals surface area contributed by atoms with Crippen molar-refractivity contribution in [1.29, 1.82) is 0 Å². The van der Waals surface area contributed by atoms with Crippen LogP contribution in [0.4, 0.5) is 0 Å². The summed E-state index contributed by atoms with van der Waals surface area (Å²) in [5.74, 6) is 3.75. The summed E-state index contributed by atoms with van der Waals surface area (Å²) < 4.78 is 2.03. The van der Waals surface area contributed by atoms with Gasteiger partial charge in [0.1, 0.15) is 11.6 Å². The van der Waals surface area contributed by atoms with E-state index in [1.165, 1.54) is 19.3 Å². The zero-order valence-electron chi connectivity index (χ0n) is 13.5. The highest BCUT2D eigenvalue weighted by Gasteiger charge is 2.24. The minimum Gasteiger partial charge on any atom is -0.357 e. The van der Waals surface area contributed by atoms with Crippen LogP contribution >= 0.6 is 24.0 Å². The van der Waals surface area contributed by atoms with Crippen LogP contribution in [0.25, 0.3) is 0 Å². The van der Waals surface area contributed by atoms with Gasteiger partial charge in [0.25, 0.3) is 0 Å². The molecular weight excluding hydrogens is 391 g/mol. The molecule has 1 aliphatic carbocycles. The van der Waals surface area contributed by atoms with Crippen molar-refractivity contribution in [3.8, 4) is 0 Å². The Morgan fingerprint density at radius 2 is 2.18 bits per heavy atom. The Bertz CT molecular complexity index is 508.